The van der Waals surface area contributed by atoms with Crippen LogP contribution in [0.3, 0.4) is 0 Å². The molecule has 1 fully saturated rings. The summed E-state index contributed by atoms with van der Waals surface area (Å²) < 4.78 is 10.5. The maximum absolute atomic E-state index is 12.4. The van der Waals surface area contributed by atoms with E-state index in [1.807, 2.05) is 0 Å². The Bertz CT molecular complexity index is 800. The van der Waals surface area contributed by atoms with E-state index >= 15 is 0 Å². The number of benzene rings is 2. The lowest BCUT2D eigenvalue weighted by Crippen LogP contribution is -2.45. The number of amides is 1. The topological polar surface area (TPSA) is 54.0 Å². The van der Waals surface area contributed by atoms with Gasteiger partial charge in [-0.05, 0) is 35.9 Å². The van der Waals surface area contributed by atoms with Gasteiger partial charge in [0.05, 0.1) is 14.2 Å². The molecular weight excluding hydrogens is 366 g/mol. The second-order valence-corrected chi connectivity index (χ2v) is 7.28. The van der Waals surface area contributed by atoms with E-state index in [1.165, 1.54) is 5.56 Å². The van der Waals surface area contributed by atoms with Crippen molar-refractivity contribution in [2.24, 2.45) is 0 Å². The van der Waals surface area contributed by atoms with Crippen molar-refractivity contribution in [1.29, 1.82) is 0 Å². The predicted octanol–water partition coefficient (Wildman–Crippen LogP) is 2.77. The number of carbonyl (C=O) groups is 1. The van der Waals surface area contributed by atoms with Gasteiger partial charge in [-0.25, -0.2) is 0 Å². The number of nitrogens with zero attached hydrogens (tertiary/aromatic N) is 2. The second-order valence-electron chi connectivity index (χ2n) is 7.28. The van der Waals surface area contributed by atoms with Crippen molar-refractivity contribution >= 4 is 5.91 Å². The molecular formula is C23H31N3O3. The highest BCUT2D eigenvalue weighted by Gasteiger charge is 2.15. The molecule has 0 bridgehead atoms. The summed E-state index contributed by atoms with van der Waals surface area (Å²) in [5.74, 6) is 1.02. The van der Waals surface area contributed by atoms with Gasteiger partial charge in [-0.15, -0.1) is 0 Å². The molecule has 0 aliphatic carbocycles. The van der Waals surface area contributed by atoms with E-state index in [4.69, 9.17) is 9.47 Å². The Morgan fingerprint density at radius 2 is 1.52 bits per heavy atom. The van der Waals surface area contributed by atoms with Gasteiger partial charge in [0.25, 0.3) is 5.91 Å². The average molecular weight is 398 g/mol. The van der Waals surface area contributed by atoms with Crippen molar-refractivity contribution in [3.63, 3.8) is 0 Å². The van der Waals surface area contributed by atoms with Crippen LogP contribution in [0, 0.1) is 0 Å². The van der Waals surface area contributed by atoms with Gasteiger partial charge >= 0.3 is 0 Å². The number of methoxy groups -OCH3 is 2. The smallest absolute Gasteiger partial charge is 0.251 e. The lowest BCUT2D eigenvalue weighted by molar-refractivity contribution is 0.0950. The third-order valence-electron chi connectivity index (χ3n) is 5.44. The zero-order valence-corrected chi connectivity index (χ0v) is 17.6. The maximum atomic E-state index is 12.4. The molecule has 6 nitrogen and oxygen atoms in total. The highest BCUT2D eigenvalue weighted by atomic mass is 16.5. The second kappa shape index (κ2) is 10.3. The fourth-order valence-corrected chi connectivity index (χ4v) is 3.55. The van der Waals surface area contributed by atoms with Crippen molar-refractivity contribution in [2.45, 2.75) is 20.0 Å². The highest BCUT2D eigenvalue weighted by Crippen LogP contribution is 2.27. The number of hydrogen-bond acceptors (Lipinski definition) is 5. The minimum Gasteiger partial charge on any atom is -0.493 e. The fraction of sp³-hybridized carbons (Fsp3) is 0.435. The predicted molar refractivity (Wildman–Crippen MR) is 115 cm³/mol. The van der Waals surface area contributed by atoms with Crippen LogP contribution in [0.4, 0.5) is 0 Å². The highest BCUT2D eigenvalue weighted by molar-refractivity contribution is 5.94. The monoisotopic (exact) mass is 397 g/mol. The molecule has 1 amide bonds. The summed E-state index contributed by atoms with van der Waals surface area (Å²) in [6.45, 7) is 9.37. The molecule has 0 unspecified atom stereocenters. The summed E-state index contributed by atoms with van der Waals surface area (Å²) >= 11 is 0. The molecule has 2 aromatic rings. The molecule has 1 heterocycles. The number of piperazine rings is 1. The average Bonchev–Trinajstić information content (AvgIpc) is 2.78. The van der Waals surface area contributed by atoms with Gasteiger partial charge in [0.15, 0.2) is 11.5 Å². The number of rotatable bonds is 8. The molecule has 0 saturated carbocycles. The fourth-order valence-electron chi connectivity index (χ4n) is 3.55. The van der Waals surface area contributed by atoms with Crippen molar-refractivity contribution in [2.75, 3.05) is 46.9 Å². The van der Waals surface area contributed by atoms with Crippen LogP contribution < -0.4 is 14.8 Å². The molecule has 1 aliphatic heterocycles. The Balaban J connectivity index is 1.50. The summed E-state index contributed by atoms with van der Waals surface area (Å²) in [6.07, 6.45) is 0. The first-order chi connectivity index (χ1) is 14.1. The van der Waals surface area contributed by atoms with Crippen LogP contribution in [0.5, 0.6) is 11.5 Å². The van der Waals surface area contributed by atoms with Gasteiger partial charge in [-0.2, -0.15) is 0 Å². The van der Waals surface area contributed by atoms with Gasteiger partial charge in [0.1, 0.15) is 0 Å². The number of likely N-dealkylation sites (N-methyl/N-ethyl adjacent to an activating group) is 1. The Hall–Kier alpha value is -2.57. The van der Waals surface area contributed by atoms with E-state index in [0.29, 0.717) is 23.6 Å². The molecule has 156 valence electrons. The SMILES string of the molecule is CCN1CCN(Cc2ccc(CNC(=O)c3ccc(OC)c(OC)c3)cc2)CC1. The van der Waals surface area contributed by atoms with Crippen LogP contribution in [0.1, 0.15) is 28.4 Å². The standard InChI is InChI=1S/C23H31N3O3/c1-4-25-11-13-26(14-12-25)17-19-7-5-18(6-8-19)16-24-23(27)20-9-10-21(28-2)22(15-20)29-3/h5-10,15H,4,11-14,16-17H2,1-3H3,(H,24,27). The van der Waals surface area contributed by atoms with E-state index in [1.54, 1.807) is 32.4 Å². The zero-order chi connectivity index (χ0) is 20.6. The van der Waals surface area contributed by atoms with Crippen molar-refractivity contribution < 1.29 is 14.3 Å². The van der Waals surface area contributed by atoms with Gasteiger partial charge in [-0.1, -0.05) is 31.2 Å². The van der Waals surface area contributed by atoms with E-state index in [0.717, 1.165) is 44.8 Å². The Kier molecular flexibility index (Phi) is 7.49. The molecule has 1 N–H and O–H groups in total. The first-order valence-electron chi connectivity index (χ1n) is 10.2. The van der Waals surface area contributed by atoms with E-state index in [9.17, 15) is 4.79 Å². The van der Waals surface area contributed by atoms with Crippen LogP contribution >= 0.6 is 0 Å². The van der Waals surface area contributed by atoms with Gasteiger partial charge in [0.2, 0.25) is 0 Å². The molecule has 0 spiro atoms. The van der Waals surface area contributed by atoms with Crippen LogP contribution in [0.25, 0.3) is 0 Å². The van der Waals surface area contributed by atoms with Crippen LogP contribution in [-0.2, 0) is 13.1 Å². The van der Waals surface area contributed by atoms with Gasteiger partial charge < -0.3 is 19.7 Å². The molecule has 0 radical (unpaired) electrons. The molecule has 1 aliphatic rings. The van der Waals surface area contributed by atoms with Crippen molar-refractivity contribution in [3.8, 4) is 11.5 Å². The number of hydrogen-bond donors (Lipinski definition) is 1. The van der Waals surface area contributed by atoms with E-state index in [2.05, 4.69) is 46.3 Å². The third-order valence-corrected chi connectivity index (χ3v) is 5.44. The van der Waals surface area contributed by atoms with Gasteiger partial charge in [0, 0.05) is 44.8 Å². The molecule has 0 atom stereocenters. The quantitative estimate of drug-likeness (QED) is 0.742. The Morgan fingerprint density at radius 1 is 0.897 bits per heavy atom. The molecule has 2 aromatic carbocycles. The van der Waals surface area contributed by atoms with Crippen LogP contribution in [0.15, 0.2) is 42.5 Å². The van der Waals surface area contributed by atoms with Crippen LogP contribution in [0.2, 0.25) is 0 Å². The minimum atomic E-state index is -0.135. The first-order valence-corrected chi connectivity index (χ1v) is 10.2. The lowest BCUT2D eigenvalue weighted by Gasteiger charge is -2.34. The maximum Gasteiger partial charge on any atom is 0.251 e. The first kappa shape index (κ1) is 21.1. The zero-order valence-electron chi connectivity index (χ0n) is 17.6. The van der Waals surface area contributed by atoms with Crippen LogP contribution in [-0.4, -0.2) is 62.7 Å². The Morgan fingerprint density at radius 3 is 2.14 bits per heavy atom. The van der Waals surface area contributed by atoms with Crippen molar-refractivity contribution in [1.82, 2.24) is 15.1 Å². The van der Waals surface area contributed by atoms with E-state index < -0.39 is 0 Å². The summed E-state index contributed by atoms with van der Waals surface area (Å²) in [5, 5.41) is 2.96. The number of carbonyl (C=O) groups excluding carboxylic acids is 1. The van der Waals surface area contributed by atoms with Crippen molar-refractivity contribution in [3.05, 3.63) is 59.2 Å². The molecule has 1 saturated heterocycles. The summed E-state index contributed by atoms with van der Waals surface area (Å²) in [5.41, 5.74) is 2.94. The van der Waals surface area contributed by atoms with Gasteiger partial charge in [-0.3, -0.25) is 9.69 Å². The van der Waals surface area contributed by atoms with E-state index in [-0.39, 0.29) is 5.91 Å². The summed E-state index contributed by atoms with van der Waals surface area (Å²) in [7, 11) is 3.14. The number of ether oxygens (including phenoxy) is 2. The molecule has 29 heavy (non-hydrogen) atoms. The summed E-state index contributed by atoms with van der Waals surface area (Å²) in [6, 6.07) is 13.7. The number of nitrogens with one attached hydrogen (secondary N) is 1. The third kappa shape index (κ3) is 5.71. The molecule has 6 heteroatoms. The Labute approximate surface area is 173 Å². The molecule has 0 aromatic heterocycles. The lowest BCUT2D eigenvalue weighted by atomic mass is 10.1. The molecule has 3 rings (SSSR count). The summed E-state index contributed by atoms with van der Waals surface area (Å²) in [4.78, 5) is 17.4. The minimum absolute atomic E-state index is 0.135. The largest absolute Gasteiger partial charge is 0.493 e. The normalized spacial score (nSPS) is 15.1.